The van der Waals surface area contributed by atoms with E-state index < -0.39 is 0 Å². The number of nitrogens with zero attached hydrogens (tertiary/aromatic N) is 2. The molecule has 0 spiro atoms. The molecule has 1 aromatic heterocycles. The molecule has 1 aliphatic heterocycles. The van der Waals surface area contributed by atoms with E-state index in [1.165, 1.54) is 22.0 Å². The summed E-state index contributed by atoms with van der Waals surface area (Å²) in [6.45, 7) is 9.84. The Bertz CT molecular complexity index is 860. The van der Waals surface area contributed by atoms with Gasteiger partial charge in [-0.1, -0.05) is 22.9 Å². The van der Waals surface area contributed by atoms with Gasteiger partial charge in [-0.15, -0.1) is 0 Å². The lowest BCUT2D eigenvalue weighted by Gasteiger charge is -2.47. The molecular formula is C22H31BrN4O. The summed E-state index contributed by atoms with van der Waals surface area (Å²) in [6, 6.07) is 5.25. The number of nitrogens with one attached hydrogen (secondary N) is 2. The summed E-state index contributed by atoms with van der Waals surface area (Å²) in [5.41, 5.74) is 4.08. The van der Waals surface area contributed by atoms with Gasteiger partial charge in [-0.2, -0.15) is 0 Å². The lowest BCUT2D eigenvalue weighted by Crippen LogP contribution is -2.57. The van der Waals surface area contributed by atoms with Crippen LogP contribution in [0.25, 0.3) is 10.9 Å². The van der Waals surface area contributed by atoms with Gasteiger partial charge in [0.05, 0.1) is 0 Å². The molecule has 0 bridgehead atoms. The van der Waals surface area contributed by atoms with Crippen molar-refractivity contribution in [3.63, 3.8) is 0 Å². The third-order valence-electron chi connectivity index (χ3n) is 6.50. The molecule has 0 unspecified atom stereocenters. The Kier molecular flexibility index (Phi) is 5.70. The minimum atomic E-state index is 0.0717. The first-order chi connectivity index (χ1) is 13.5. The van der Waals surface area contributed by atoms with Crippen LogP contribution in [0.2, 0.25) is 0 Å². The number of carbonyl (C=O) groups is 1. The van der Waals surface area contributed by atoms with Gasteiger partial charge in [0.25, 0.3) is 0 Å². The number of benzene rings is 1. The first kappa shape index (κ1) is 19.8. The SMILES string of the molecule is CCCN1C[C@@H](NC(=O)N(CC)CC)C[C@@H]2c3cc(Br)cc4[nH]cc(c34)C[C@H]21. The van der Waals surface area contributed by atoms with E-state index in [2.05, 4.69) is 56.4 Å². The second kappa shape index (κ2) is 8.07. The van der Waals surface area contributed by atoms with Crippen LogP contribution in [0.5, 0.6) is 0 Å². The van der Waals surface area contributed by atoms with Crippen LogP contribution in [0.15, 0.2) is 22.8 Å². The van der Waals surface area contributed by atoms with Crippen molar-refractivity contribution in [1.82, 2.24) is 20.1 Å². The fourth-order valence-electron chi connectivity index (χ4n) is 5.26. The fraction of sp³-hybridized carbons (Fsp3) is 0.591. The number of fused-ring (bicyclic) bond motifs is 2. The third kappa shape index (κ3) is 3.45. The van der Waals surface area contributed by atoms with E-state index in [-0.39, 0.29) is 12.1 Å². The van der Waals surface area contributed by atoms with Crippen molar-refractivity contribution in [2.24, 2.45) is 0 Å². The molecule has 0 saturated carbocycles. The molecule has 3 atom stereocenters. The van der Waals surface area contributed by atoms with Gasteiger partial charge in [-0.3, -0.25) is 4.90 Å². The van der Waals surface area contributed by atoms with E-state index in [0.29, 0.717) is 12.0 Å². The van der Waals surface area contributed by atoms with Crippen LogP contribution in [-0.4, -0.2) is 59.1 Å². The Balaban J connectivity index is 1.66. The summed E-state index contributed by atoms with van der Waals surface area (Å²) in [7, 11) is 0. The molecule has 28 heavy (non-hydrogen) atoms. The zero-order chi connectivity index (χ0) is 19.8. The highest BCUT2D eigenvalue weighted by Gasteiger charge is 2.41. The van der Waals surface area contributed by atoms with Crippen LogP contribution in [0, 0.1) is 0 Å². The highest BCUT2D eigenvalue weighted by Crippen LogP contribution is 2.44. The maximum absolute atomic E-state index is 12.7. The maximum atomic E-state index is 12.7. The molecule has 2 N–H and O–H groups in total. The van der Waals surface area contributed by atoms with Gasteiger partial charge >= 0.3 is 6.03 Å². The van der Waals surface area contributed by atoms with E-state index in [4.69, 9.17) is 0 Å². The number of aromatic amines is 1. The van der Waals surface area contributed by atoms with Gasteiger partial charge in [0, 0.05) is 59.2 Å². The summed E-state index contributed by atoms with van der Waals surface area (Å²) >= 11 is 3.70. The Morgan fingerprint density at radius 3 is 2.82 bits per heavy atom. The molecule has 1 fully saturated rings. The summed E-state index contributed by atoms with van der Waals surface area (Å²) in [5.74, 6) is 0.450. The number of halogens is 1. The summed E-state index contributed by atoms with van der Waals surface area (Å²) in [4.78, 5) is 20.6. The number of hydrogen-bond donors (Lipinski definition) is 2. The number of amides is 2. The van der Waals surface area contributed by atoms with Gasteiger partial charge in [-0.05, 0) is 62.9 Å². The molecule has 2 heterocycles. The highest BCUT2D eigenvalue weighted by molar-refractivity contribution is 9.10. The standard InChI is InChI=1S/C22H31BrN4O/c1-4-7-27-13-16(25-22(28)26(5-2)6-3)11-17-18-9-15(23)10-19-21(18)14(12-24-19)8-20(17)27/h9-10,12,16-17,20,24H,4-8,11,13H2,1-3H3,(H,25,28)/t16-,17+,20+/m0/s1. The number of aromatic nitrogens is 1. The predicted molar refractivity (Wildman–Crippen MR) is 118 cm³/mol. The molecule has 5 nitrogen and oxygen atoms in total. The van der Waals surface area contributed by atoms with E-state index in [1.807, 2.05) is 18.7 Å². The van der Waals surface area contributed by atoms with Crippen LogP contribution in [0.3, 0.4) is 0 Å². The number of hydrogen-bond acceptors (Lipinski definition) is 2. The molecule has 0 radical (unpaired) electrons. The number of H-pyrrole nitrogens is 1. The first-order valence-electron chi connectivity index (χ1n) is 10.6. The molecule has 1 aromatic carbocycles. The molecule has 6 heteroatoms. The number of piperidine rings is 1. The van der Waals surface area contributed by atoms with Crippen LogP contribution in [0.4, 0.5) is 4.79 Å². The average molecular weight is 447 g/mol. The number of carbonyl (C=O) groups excluding carboxylic acids is 1. The molecule has 152 valence electrons. The zero-order valence-corrected chi connectivity index (χ0v) is 18.7. The quantitative estimate of drug-likeness (QED) is 0.711. The molecule has 4 rings (SSSR count). The van der Waals surface area contributed by atoms with Crippen molar-refractivity contribution < 1.29 is 4.79 Å². The Labute approximate surface area is 176 Å². The molecule has 1 saturated heterocycles. The molecular weight excluding hydrogens is 416 g/mol. The summed E-state index contributed by atoms with van der Waals surface area (Å²) in [5, 5.41) is 4.73. The number of rotatable bonds is 5. The van der Waals surface area contributed by atoms with Gasteiger partial charge in [0.15, 0.2) is 0 Å². The highest BCUT2D eigenvalue weighted by atomic mass is 79.9. The van der Waals surface area contributed by atoms with Gasteiger partial charge in [-0.25, -0.2) is 4.79 Å². The smallest absolute Gasteiger partial charge is 0.317 e. The number of likely N-dealkylation sites (tertiary alicyclic amines) is 1. The average Bonchev–Trinajstić information content (AvgIpc) is 3.07. The van der Waals surface area contributed by atoms with Crippen molar-refractivity contribution in [3.05, 3.63) is 33.9 Å². The van der Waals surface area contributed by atoms with Gasteiger partial charge in [0.2, 0.25) is 0 Å². The normalized spacial score (nSPS) is 24.2. The van der Waals surface area contributed by atoms with Crippen molar-refractivity contribution >= 4 is 32.9 Å². The lowest BCUT2D eigenvalue weighted by atomic mass is 9.74. The Hall–Kier alpha value is -1.53. The van der Waals surface area contributed by atoms with E-state index >= 15 is 0 Å². The van der Waals surface area contributed by atoms with Crippen molar-refractivity contribution in [1.29, 1.82) is 0 Å². The molecule has 2 aliphatic rings. The van der Waals surface area contributed by atoms with Crippen molar-refractivity contribution in [2.75, 3.05) is 26.2 Å². The molecule has 2 aromatic rings. The summed E-state index contributed by atoms with van der Waals surface area (Å²) in [6.07, 6.45) is 5.42. The van der Waals surface area contributed by atoms with Crippen LogP contribution in [0.1, 0.15) is 50.7 Å². The maximum Gasteiger partial charge on any atom is 0.317 e. The van der Waals surface area contributed by atoms with E-state index in [0.717, 1.165) is 49.9 Å². The van der Waals surface area contributed by atoms with E-state index in [9.17, 15) is 4.79 Å². The van der Waals surface area contributed by atoms with Crippen molar-refractivity contribution in [3.8, 4) is 0 Å². The minimum Gasteiger partial charge on any atom is -0.361 e. The molecule has 2 amide bonds. The van der Waals surface area contributed by atoms with Crippen LogP contribution >= 0.6 is 15.9 Å². The second-order valence-corrected chi connectivity index (χ2v) is 9.07. The largest absolute Gasteiger partial charge is 0.361 e. The fourth-order valence-corrected chi connectivity index (χ4v) is 5.73. The minimum absolute atomic E-state index is 0.0717. The lowest BCUT2D eigenvalue weighted by molar-refractivity contribution is 0.0979. The zero-order valence-electron chi connectivity index (χ0n) is 17.1. The third-order valence-corrected chi connectivity index (χ3v) is 6.96. The van der Waals surface area contributed by atoms with Crippen LogP contribution in [-0.2, 0) is 6.42 Å². The Morgan fingerprint density at radius 1 is 1.32 bits per heavy atom. The summed E-state index contributed by atoms with van der Waals surface area (Å²) < 4.78 is 1.13. The van der Waals surface area contributed by atoms with Crippen molar-refractivity contribution in [2.45, 2.75) is 58.0 Å². The van der Waals surface area contributed by atoms with Crippen LogP contribution < -0.4 is 5.32 Å². The van der Waals surface area contributed by atoms with Gasteiger partial charge < -0.3 is 15.2 Å². The Morgan fingerprint density at radius 2 is 2.11 bits per heavy atom. The van der Waals surface area contributed by atoms with Gasteiger partial charge in [0.1, 0.15) is 0 Å². The topological polar surface area (TPSA) is 51.4 Å². The monoisotopic (exact) mass is 446 g/mol. The number of urea groups is 1. The second-order valence-electron chi connectivity index (χ2n) is 8.16. The predicted octanol–water partition coefficient (Wildman–Crippen LogP) is 4.47. The van der Waals surface area contributed by atoms with E-state index in [1.54, 1.807) is 0 Å². The molecule has 1 aliphatic carbocycles. The first-order valence-corrected chi connectivity index (χ1v) is 11.4.